The third-order valence-electron chi connectivity index (χ3n) is 3.78. The first-order chi connectivity index (χ1) is 9.86. The molecule has 1 heterocycles. The number of nitrogens with one attached hydrogen (secondary N) is 2. The Bertz CT molecular complexity index is 335. The Morgan fingerprint density at radius 2 is 1.95 bits per heavy atom. The largest absolute Gasteiger partial charge is 0.355 e. The van der Waals surface area contributed by atoms with Crippen LogP contribution in [0.1, 0.15) is 26.7 Å². The fraction of sp³-hybridized carbons (Fsp3) is 0.929. The summed E-state index contributed by atoms with van der Waals surface area (Å²) in [7, 11) is 1.76. The smallest absolute Gasteiger partial charge is 0.251 e. The Morgan fingerprint density at radius 1 is 1.36 bits per heavy atom. The van der Waals surface area contributed by atoms with E-state index < -0.39 is 6.43 Å². The number of alkyl halides is 2. The fourth-order valence-corrected chi connectivity index (χ4v) is 2.43. The second kappa shape index (κ2) is 10.9. The van der Waals surface area contributed by atoms with Gasteiger partial charge in [-0.25, -0.2) is 8.78 Å². The highest BCUT2D eigenvalue weighted by Crippen LogP contribution is 2.19. The standard InChI is InChI=1S/C14H28F2N4S.HI/c1-14(2,21-4)10-18-13(17-3)19-11-5-7-20(8-6-11)9-12(15)16;/h11-12H,5-10H2,1-4H3,(H2,17,18,19);1H. The van der Waals surface area contributed by atoms with E-state index in [1.807, 2.05) is 16.7 Å². The molecule has 4 nitrogen and oxygen atoms in total. The van der Waals surface area contributed by atoms with Crippen LogP contribution in [0.2, 0.25) is 0 Å². The molecule has 0 aromatic carbocycles. The van der Waals surface area contributed by atoms with Crippen LogP contribution in [-0.4, -0.2) is 67.6 Å². The van der Waals surface area contributed by atoms with Crippen molar-refractivity contribution in [3.63, 3.8) is 0 Å². The molecule has 2 N–H and O–H groups in total. The highest BCUT2D eigenvalue weighted by molar-refractivity contribution is 14.0. The van der Waals surface area contributed by atoms with E-state index in [1.54, 1.807) is 7.05 Å². The Kier molecular flexibility index (Phi) is 10.9. The summed E-state index contributed by atoms with van der Waals surface area (Å²) in [6, 6.07) is 0.308. The van der Waals surface area contributed by atoms with Crippen LogP contribution in [0.5, 0.6) is 0 Å². The van der Waals surface area contributed by atoms with E-state index in [1.165, 1.54) is 0 Å². The summed E-state index contributed by atoms with van der Waals surface area (Å²) in [4.78, 5) is 6.07. The van der Waals surface area contributed by atoms with Gasteiger partial charge in [-0.05, 0) is 32.9 Å². The fourth-order valence-electron chi connectivity index (χ4n) is 2.21. The molecule has 0 aromatic heterocycles. The number of rotatable bonds is 6. The van der Waals surface area contributed by atoms with Crippen molar-refractivity contribution in [3.8, 4) is 0 Å². The highest BCUT2D eigenvalue weighted by atomic mass is 127. The van der Waals surface area contributed by atoms with Crippen molar-refractivity contribution in [3.05, 3.63) is 0 Å². The molecule has 1 aliphatic rings. The Morgan fingerprint density at radius 3 is 2.41 bits per heavy atom. The predicted molar refractivity (Wildman–Crippen MR) is 103 cm³/mol. The number of guanidine groups is 1. The molecule has 1 rings (SSSR count). The molecule has 0 spiro atoms. The van der Waals surface area contributed by atoms with Crippen molar-refractivity contribution in [1.82, 2.24) is 15.5 Å². The molecule has 1 aliphatic heterocycles. The molecule has 0 bridgehead atoms. The summed E-state index contributed by atoms with van der Waals surface area (Å²) in [6.07, 6.45) is 1.60. The monoisotopic (exact) mass is 450 g/mol. The molecule has 0 saturated carbocycles. The average molecular weight is 450 g/mol. The molecule has 132 valence electrons. The van der Waals surface area contributed by atoms with Gasteiger partial charge in [-0.1, -0.05) is 0 Å². The maximum Gasteiger partial charge on any atom is 0.251 e. The summed E-state index contributed by atoms with van der Waals surface area (Å²) < 4.78 is 24.8. The first-order valence-corrected chi connectivity index (χ1v) is 8.61. The van der Waals surface area contributed by atoms with Crippen LogP contribution in [0.25, 0.3) is 0 Å². The molecule has 1 fully saturated rings. The molecule has 0 aliphatic carbocycles. The lowest BCUT2D eigenvalue weighted by atomic mass is 10.1. The van der Waals surface area contributed by atoms with Crippen molar-refractivity contribution < 1.29 is 8.78 Å². The third kappa shape index (κ3) is 8.71. The van der Waals surface area contributed by atoms with Crippen LogP contribution >= 0.6 is 35.7 Å². The number of thioether (sulfide) groups is 1. The number of hydrogen-bond donors (Lipinski definition) is 2. The van der Waals surface area contributed by atoms with Gasteiger partial charge in [0.15, 0.2) is 5.96 Å². The van der Waals surface area contributed by atoms with E-state index in [-0.39, 0.29) is 35.3 Å². The number of hydrogen-bond acceptors (Lipinski definition) is 3. The summed E-state index contributed by atoms with van der Waals surface area (Å²) in [6.45, 7) is 6.52. The zero-order valence-electron chi connectivity index (χ0n) is 13.9. The minimum absolute atomic E-state index is 0. The number of piperidine rings is 1. The second-order valence-electron chi connectivity index (χ2n) is 6.00. The van der Waals surface area contributed by atoms with E-state index in [2.05, 4.69) is 35.7 Å². The lowest BCUT2D eigenvalue weighted by Gasteiger charge is -2.33. The molecule has 0 aromatic rings. The quantitative estimate of drug-likeness (QED) is 0.371. The first-order valence-electron chi connectivity index (χ1n) is 7.39. The lowest BCUT2D eigenvalue weighted by molar-refractivity contribution is 0.0744. The highest BCUT2D eigenvalue weighted by Gasteiger charge is 2.22. The van der Waals surface area contributed by atoms with E-state index in [9.17, 15) is 8.78 Å². The molecule has 8 heteroatoms. The van der Waals surface area contributed by atoms with Gasteiger partial charge in [0.25, 0.3) is 6.43 Å². The van der Waals surface area contributed by atoms with Gasteiger partial charge in [-0.2, -0.15) is 11.8 Å². The van der Waals surface area contributed by atoms with Gasteiger partial charge in [0.1, 0.15) is 0 Å². The molecule has 0 radical (unpaired) electrons. The number of nitrogens with zero attached hydrogens (tertiary/aromatic N) is 2. The van der Waals surface area contributed by atoms with Gasteiger partial charge in [0.2, 0.25) is 0 Å². The van der Waals surface area contributed by atoms with E-state index >= 15 is 0 Å². The molecule has 1 saturated heterocycles. The van der Waals surface area contributed by atoms with Gasteiger partial charge in [-0.15, -0.1) is 24.0 Å². The van der Waals surface area contributed by atoms with E-state index in [0.717, 1.165) is 38.4 Å². The Balaban J connectivity index is 0.00000441. The van der Waals surface area contributed by atoms with Crippen LogP contribution in [0.4, 0.5) is 8.78 Å². The lowest BCUT2D eigenvalue weighted by Crippen LogP contribution is -2.51. The van der Waals surface area contributed by atoms with Crippen molar-refractivity contribution in [1.29, 1.82) is 0 Å². The van der Waals surface area contributed by atoms with Crippen LogP contribution in [-0.2, 0) is 0 Å². The first kappa shape index (κ1) is 22.2. The minimum Gasteiger partial charge on any atom is -0.355 e. The second-order valence-corrected chi connectivity index (χ2v) is 7.51. The van der Waals surface area contributed by atoms with E-state index in [4.69, 9.17) is 0 Å². The average Bonchev–Trinajstić information content (AvgIpc) is 2.44. The molecular weight excluding hydrogens is 421 g/mol. The molecule has 0 unspecified atom stereocenters. The molecule has 0 atom stereocenters. The van der Waals surface area contributed by atoms with E-state index in [0.29, 0.717) is 6.04 Å². The van der Waals surface area contributed by atoms with Crippen molar-refractivity contribution in [2.24, 2.45) is 4.99 Å². The topological polar surface area (TPSA) is 39.7 Å². The normalized spacial score (nSPS) is 18.2. The van der Waals surface area contributed by atoms with Crippen LogP contribution in [0.3, 0.4) is 0 Å². The molecule has 0 amide bonds. The maximum atomic E-state index is 12.3. The zero-order chi connectivity index (χ0) is 15.9. The molecular formula is C14H29F2IN4S. The minimum atomic E-state index is -2.24. The Hall–Kier alpha value is 0.170. The van der Waals surface area contributed by atoms with Gasteiger partial charge in [0, 0.05) is 37.5 Å². The van der Waals surface area contributed by atoms with Crippen molar-refractivity contribution in [2.45, 2.75) is 43.9 Å². The summed E-state index contributed by atoms with van der Waals surface area (Å²) >= 11 is 1.81. The van der Waals surface area contributed by atoms with Crippen molar-refractivity contribution in [2.75, 3.05) is 39.5 Å². The maximum absolute atomic E-state index is 12.3. The summed E-state index contributed by atoms with van der Waals surface area (Å²) in [5, 5.41) is 6.73. The van der Waals surface area contributed by atoms with Gasteiger partial charge < -0.3 is 10.6 Å². The molecule has 22 heavy (non-hydrogen) atoms. The zero-order valence-corrected chi connectivity index (χ0v) is 17.0. The van der Waals surface area contributed by atoms with Gasteiger partial charge in [0.05, 0.1) is 6.54 Å². The van der Waals surface area contributed by atoms with Crippen LogP contribution < -0.4 is 10.6 Å². The Labute approximate surface area is 154 Å². The summed E-state index contributed by atoms with van der Waals surface area (Å²) in [5.74, 6) is 0.796. The van der Waals surface area contributed by atoms with Crippen molar-refractivity contribution >= 4 is 41.7 Å². The number of halogens is 3. The van der Waals surface area contributed by atoms with Gasteiger partial charge in [-0.3, -0.25) is 9.89 Å². The number of likely N-dealkylation sites (tertiary alicyclic amines) is 1. The van der Waals surface area contributed by atoms with Crippen LogP contribution in [0.15, 0.2) is 4.99 Å². The summed E-state index contributed by atoms with van der Waals surface area (Å²) in [5.41, 5.74) is 0. The van der Waals surface area contributed by atoms with Gasteiger partial charge >= 0.3 is 0 Å². The number of aliphatic imine (C=N–C) groups is 1. The predicted octanol–water partition coefficient (Wildman–Crippen LogP) is 2.64. The third-order valence-corrected chi connectivity index (χ3v) is 5.03. The SMILES string of the molecule is CN=C(NCC(C)(C)SC)NC1CCN(CC(F)F)CC1.I. The van der Waals surface area contributed by atoms with Crippen LogP contribution in [0, 0.1) is 0 Å².